The van der Waals surface area contributed by atoms with E-state index in [1.807, 2.05) is 33.3 Å². The Bertz CT molecular complexity index is 1280. The van der Waals surface area contributed by atoms with Crippen molar-refractivity contribution < 1.29 is 23.9 Å². The van der Waals surface area contributed by atoms with E-state index >= 15 is 0 Å². The van der Waals surface area contributed by atoms with Gasteiger partial charge in [0.05, 0.1) is 21.1 Å². The number of benzene rings is 2. The van der Waals surface area contributed by atoms with E-state index in [1.165, 1.54) is 4.80 Å². The van der Waals surface area contributed by atoms with Gasteiger partial charge in [0.1, 0.15) is 55.6 Å². The van der Waals surface area contributed by atoms with Crippen LogP contribution in [0.3, 0.4) is 0 Å². The molecule has 0 spiro atoms. The summed E-state index contributed by atoms with van der Waals surface area (Å²) in [5, 5.41) is 21.3. The van der Waals surface area contributed by atoms with E-state index < -0.39 is 5.92 Å². The summed E-state index contributed by atoms with van der Waals surface area (Å²) in [7, 11) is 11.7. The first-order chi connectivity index (χ1) is 16.9. The summed E-state index contributed by atoms with van der Waals surface area (Å²) in [6, 6.07) is 9.01. The van der Waals surface area contributed by atoms with Crippen LogP contribution in [0.5, 0.6) is 5.75 Å². The normalized spacial score (nSPS) is 14.6. The molecule has 0 saturated carbocycles. The molecule has 3 rings (SSSR count). The maximum Gasteiger partial charge on any atom is 0.376 e. The quantitative estimate of drug-likeness (QED) is 0.311. The van der Waals surface area contributed by atoms with Crippen LogP contribution in [0.15, 0.2) is 30.3 Å². The third kappa shape index (κ3) is 6.61. The molecule has 1 N–H and O–H groups in total. The van der Waals surface area contributed by atoms with Crippen LogP contribution in [0.2, 0.25) is 5.02 Å². The molecule has 1 aromatic heterocycles. The number of quaternary nitrogens is 2. The Hall–Kier alpha value is -2.68. The molecular formula is C28H42ClN5O3+2. The van der Waals surface area contributed by atoms with E-state index in [1.54, 1.807) is 18.2 Å². The van der Waals surface area contributed by atoms with Crippen molar-refractivity contribution in [1.82, 2.24) is 15.0 Å². The summed E-state index contributed by atoms with van der Waals surface area (Å²) in [5.41, 5.74) is 3.07. The van der Waals surface area contributed by atoms with E-state index in [0.29, 0.717) is 32.6 Å². The number of hydrogen-bond acceptors (Lipinski definition) is 5. The highest BCUT2D eigenvalue weighted by molar-refractivity contribution is 6.31. The number of carbonyl (C=O) groups is 1. The molecular weight excluding hydrogens is 490 g/mol. The number of aromatic hydroxyl groups is 1. The molecule has 2 aromatic carbocycles. The number of fused-ring (bicyclic) bond motifs is 1. The van der Waals surface area contributed by atoms with E-state index in [0.717, 1.165) is 17.5 Å². The Morgan fingerprint density at radius 2 is 1.68 bits per heavy atom. The lowest BCUT2D eigenvalue weighted by atomic mass is 9.81. The van der Waals surface area contributed by atoms with Crippen LogP contribution in [0, 0.1) is 5.92 Å². The Labute approximate surface area is 225 Å². The first-order valence-corrected chi connectivity index (χ1v) is 13.1. The van der Waals surface area contributed by atoms with Gasteiger partial charge in [-0.25, -0.2) is 4.79 Å². The number of phenols is 1. The van der Waals surface area contributed by atoms with E-state index in [-0.39, 0.29) is 27.8 Å². The minimum absolute atomic E-state index is 0.0866. The number of hydrogen-bond donors (Lipinski definition) is 1. The molecule has 0 aliphatic heterocycles. The predicted molar refractivity (Wildman–Crippen MR) is 148 cm³/mol. The lowest BCUT2D eigenvalue weighted by Crippen LogP contribution is -2.48. The number of nitrogens with zero attached hydrogens (tertiary/aromatic N) is 5. The molecule has 0 amide bonds. The number of hydroxylamine groups is 3. The average molecular weight is 532 g/mol. The van der Waals surface area contributed by atoms with Crippen molar-refractivity contribution in [2.45, 2.75) is 52.0 Å². The first-order valence-electron chi connectivity index (χ1n) is 12.7. The van der Waals surface area contributed by atoms with Crippen molar-refractivity contribution in [3.63, 3.8) is 0 Å². The van der Waals surface area contributed by atoms with Crippen molar-refractivity contribution in [3.05, 3.63) is 46.5 Å². The second-order valence-corrected chi connectivity index (χ2v) is 13.0. The fourth-order valence-corrected chi connectivity index (χ4v) is 4.97. The van der Waals surface area contributed by atoms with Gasteiger partial charge < -0.3 is 9.59 Å². The smallest absolute Gasteiger partial charge is 0.376 e. The van der Waals surface area contributed by atoms with Crippen LogP contribution in [-0.4, -0.2) is 77.5 Å². The highest BCUT2D eigenvalue weighted by Gasteiger charge is 2.42. The predicted octanol–water partition coefficient (Wildman–Crippen LogP) is 5.41. The number of phenolic OH excluding ortho intramolecular Hbond substituents is 1. The van der Waals surface area contributed by atoms with Crippen LogP contribution >= 0.6 is 11.6 Å². The minimum atomic E-state index is -0.393. The second kappa shape index (κ2) is 10.2. The van der Waals surface area contributed by atoms with Crippen molar-refractivity contribution in [3.8, 4) is 11.4 Å². The average Bonchev–Trinajstić information content (AvgIpc) is 3.14. The van der Waals surface area contributed by atoms with Gasteiger partial charge in [-0.2, -0.15) is 0 Å². The monoisotopic (exact) mass is 531 g/mol. The minimum Gasteiger partial charge on any atom is -0.505 e. The molecule has 2 atom stereocenters. The van der Waals surface area contributed by atoms with Crippen LogP contribution < -0.4 is 0 Å². The van der Waals surface area contributed by atoms with Gasteiger partial charge in [-0.05, 0) is 42.2 Å². The van der Waals surface area contributed by atoms with Crippen molar-refractivity contribution in [1.29, 1.82) is 0 Å². The third-order valence-corrected chi connectivity index (χ3v) is 6.54. The molecule has 0 radical (unpaired) electrons. The van der Waals surface area contributed by atoms with Gasteiger partial charge in [-0.3, -0.25) is 4.84 Å². The number of aromatic nitrogens is 3. The lowest BCUT2D eigenvalue weighted by molar-refractivity contribution is -1.04. The van der Waals surface area contributed by atoms with Crippen molar-refractivity contribution >= 4 is 28.6 Å². The van der Waals surface area contributed by atoms with E-state index in [9.17, 15) is 9.90 Å². The van der Waals surface area contributed by atoms with Crippen molar-refractivity contribution in [2.24, 2.45) is 5.92 Å². The third-order valence-electron chi connectivity index (χ3n) is 6.30. The summed E-state index contributed by atoms with van der Waals surface area (Å²) in [5.74, 6) is -0.517. The Balaban J connectivity index is 2.29. The van der Waals surface area contributed by atoms with Gasteiger partial charge in [-0.1, -0.05) is 45.7 Å². The number of rotatable bonds is 8. The Morgan fingerprint density at radius 3 is 2.22 bits per heavy atom. The summed E-state index contributed by atoms with van der Waals surface area (Å²) >= 11 is 6.17. The van der Waals surface area contributed by atoms with Crippen LogP contribution in [0.25, 0.3) is 16.7 Å². The molecule has 9 heteroatoms. The molecule has 1 heterocycles. The summed E-state index contributed by atoms with van der Waals surface area (Å²) in [6.45, 7) is 8.24. The number of halogens is 1. The molecule has 3 aromatic rings. The zero-order valence-corrected chi connectivity index (χ0v) is 24.6. The molecule has 2 unspecified atom stereocenters. The Morgan fingerprint density at radius 1 is 1.05 bits per heavy atom. The summed E-state index contributed by atoms with van der Waals surface area (Å²) in [6.07, 6.45) is 1.50. The highest BCUT2D eigenvalue weighted by Crippen LogP contribution is 2.42. The lowest BCUT2D eigenvalue weighted by Gasteiger charge is -2.39. The van der Waals surface area contributed by atoms with Gasteiger partial charge in [0.2, 0.25) is 0 Å². The zero-order chi connectivity index (χ0) is 27.9. The largest absolute Gasteiger partial charge is 0.505 e. The standard InChI is InChI=1S/C28H41ClN5O3/c1-11-12-20(27(36)37-34(8,9)10)25(33(5,6)7)18-15-21(28(2,3)4)26(35)24(16-18)32-30-22-14-13-19(29)17-23(22)31-32/h13-17,20,25H,11-12H2,1-10H3/q+1/p+1. The topological polar surface area (TPSA) is 77.2 Å². The zero-order valence-electron chi connectivity index (χ0n) is 23.8. The fraction of sp³-hybridized carbons (Fsp3) is 0.536. The summed E-state index contributed by atoms with van der Waals surface area (Å²) < 4.78 is 0.582. The van der Waals surface area contributed by atoms with Gasteiger partial charge in [0, 0.05) is 16.1 Å². The molecule has 0 aliphatic rings. The molecule has 0 fully saturated rings. The summed E-state index contributed by atoms with van der Waals surface area (Å²) in [4.78, 5) is 20.8. The molecule has 37 heavy (non-hydrogen) atoms. The number of carbonyl (C=O) groups excluding carboxylic acids is 1. The van der Waals surface area contributed by atoms with Gasteiger partial charge in [0.25, 0.3) is 0 Å². The maximum absolute atomic E-state index is 13.5. The first kappa shape index (κ1) is 28.9. The fourth-order valence-electron chi connectivity index (χ4n) is 4.80. The van der Waals surface area contributed by atoms with E-state index in [4.69, 9.17) is 16.4 Å². The van der Waals surface area contributed by atoms with Crippen molar-refractivity contribution in [2.75, 3.05) is 42.3 Å². The van der Waals surface area contributed by atoms with Gasteiger partial charge in [0.15, 0.2) is 0 Å². The van der Waals surface area contributed by atoms with Crippen LogP contribution in [0.4, 0.5) is 0 Å². The van der Waals surface area contributed by atoms with Gasteiger partial charge in [-0.15, -0.1) is 19.6 Å². The van der Waals surface area contributed by atoms with Crippen LogP contribution in [0.1, 0.15) is 57.7 Å². The van der Waals surface area contributed by atoms with Crippen LogP contribution in [-0.2, 0) is 15.0 Å². The van der Waals surface area contributed by atoms with Gasteiger partial charge >= 0.3 is 5.97 Å². The SMILES string of the molecule is CCCC(C(=O)O[N+](C)(C)C)C(c1cc(-n2nc3ccc(Cl)cc3n2)c(O)c(C(C)(C)C)c1)[N+](C)(C)C. The maximum atomic E-state index is 13.5. The molecule has 0 saturated heterocycles. The molecule has 0 bridgehead atoms. The highest BCUT2D eigenvalue weighted by atomic mass is 35.5. The molecule has 0 aliphatic carbocycles. The Kier molecular flexibility index (Phi) is 7.99. The molecule has 8 nitrogen and oxygen atoms in total. The van der Waals surface area contributed by atoms with E-state index in [2.05, 4.69) is 59.0 Å². The molecule has 202 valence electrons. The second-order valence-electron chi connectivity index (χ2n) is 12.6.